The van der Waals surface area contributed by atoms with E-state index in [9.17, 15) is 9.36 Å². The minimum Gasteiger partial charge on any atom is -0.496 e. The molecule has 0 aliphatic heterocycles. The molecule has 0 N–H and O–H groups in total. The lowest BCUT2D eigenvalue weighted by Gasteiger charge is -2.33. The van der Waals surface area contributed by atoms with Gasteiger partial charge in [-0.15, -0.1) is 0 Å². The number of methoxy groups -OCH3 is 1. The van der Waals surface area contributed by atoms with E-state index in [-0.39, 0.29) is 28.8 Å². The lowest BCUT2D eigenvalue weighted by molar-refractivity contribution is -0.116. The molecule has 0 aliphatic rings. The van der Waals surface area contributed by atoms with Gasteiger partial charge in [-0.25, -0.2) is 0 Å². The first kappa shape index (κ1) is 29.6. The van der Waals surface area contributed by atoms with Gasteiger partial charge in [0.15, 0.2) is 5.78 Å². The molecule has 0 fully saturated rings. The van der Waals surface area contributed by atoms with Gasteiger partial charge in [-0.1, -0.05) is 47.6 Å². The van der Waals surface area contributed by atoms with E-state index in [1.807, 2.05) is 0 Å². The number of allylic oxidation sites excluding steroid dienone is 1. The van der Waals surface area contributed by atoms with Crippen LogP contribution in [0.4, 0.5) is 0 Å². The number of hydrogen-bond acceptors (Lipinski definition) is 5. The smallest absolute Gasteiger partial charge is 0.344 e. The van der Waals surface area contributed by atoms with Crippen molar-refractivity contribution >= 4 is 19.5 Å². The van der Waals surface area contributed by atoms with Crippen molar-refractivity contribution in [3.8, 4) is 5.75 Å². The fourth-order valence-corrected chi connectivity index (χ4v) is 5.37. The van der Waals surface area contributed by atoms with Crippen molar-refractivity contribution in [2.75, 3.05) is 7.11 Å². The van der Waals surface area contributed by atoms with Crippen LogP contribution >= 0.6 is 7.60 Å². The lowest BCUT2D eigenvalue weighted by atomic mass is 9.79. The van der Waals surface area contributed by atoms with Gasteiger partial charge in [-0.3, -0.25) is 9.36 Å². The molecule has 33 heavy (non-hydrogen) atoms. The number of benzene rings is 1. The van der Waals surface area contributed by atoms with Gasteiger partial charge >= 0.3 is 7.60 Å². The maximum Gasteiger partial charge on any atom is 0.344 e. The second-order valence-corrected chi connectivity index (χ2v) is 14.2. The normalized spacial score (nSPS) is 13.9. The Morgan fingerprint density at radius 1 is 0.879 bits per heavy atom. The highest BCUT2D eigenvalue weighted by Crippen LogP contribution is 2.61. The first-order valence-corrected chi connectivity index (χ1v) is 13.2. The highest BCUT2D eigenvalue weighted by molar-refractivity contribution is 7.56. The third-order valence-electron chi connectivity index (χ3n) is 5.40. The molecule has 0 atom stereocenters. The first-order chi connectivity index (χ1) is 14.8. The Morgan fingerprint density at radius 2 is 1.36 bits per heavy atom. The minimum atomic E-state index is -3.73. The Kier molecular flexibility index (Phi) is 9.38. The summed E-state index contributed by atoms with van der Waals surface area (Å²) in [6, 6.07) is 4.24. The topological polar surface area (TPSA) is 61.8 Å². The molecule has 0 amide bonds. The number of hydrogen-bond donors (Lipinski definition) is 0. The van der Waals surface area contributed by atoms with Crippen molar-refractivity contribution in [3.05, 3.63) is 34.9 Å². The Hall–Kier alpha value is -1.42. The standard InChI is InChI=1S/C27H45O5P/c1-18(2)31-33(29,32-19(3)4)27(11,12)23(28)15-14-20-16-21(25(5,6)7)17-22(24(20)30-13)26(8,9)10/h14-19H,1-13H3. The van der Waals surface area contributed by atoms with Crippen LogP contribution in [0.5, 0.6) is 5.75 Å². The Labute approximate surface area is 201 Å². The summed E-state index contributed by atoms with van der Waals surface area (Å²) in [4.78, 5) is 13.4. The highest BCUT2D eigenvalue weighted by Gasteiger charge is 2.49. The molecule has 5 nitrogen and oxygen atoms in total. The molecular weight excluding hydrogens is 435 g/mol. The molecular formula is C27H45O5P. The maximum atomic E-state index is 13.7. The molecule has 188 valence electrons. The summed E-state index contributed by atoms with van der Waals surface area (Å²) < 4.78 is 30.9. The zero-order chi connectivity index (χ0) is 26.0. The maximum absolute atomic E-state index is 13.7. The average molecular weight is 481 g/mol. The van der Waals surface area contributed by atoms with Crippen LogP contribution in [0.15, 0.2) is 18.2 Å². The van der Waals surface area contributed by atoms with Gasteiger partial charge in [0.1, 0.15) is 10.9 Å². The summed E-state index contributed by atoms with van der Waals surface area (Å²) in [5, 5.41) is -1.35. The van der Waals surface area contributed by atoms with Crippen molar-refractivity contribution in [2.45, 2.75) is 111 Å². The Morgan fingerprint density at radius 3 is 1.73 bits per heavy atom. The van der Waals surface area contributed by atoms with Gasteiger partial charge in [0.05, 0.1) is 19.3 Å². The van der Waals surface area contributed by atoms with Crippen LogP contribution in [0.3, 0.4) is 0 Å². The molecule has 1 aromatic rings. The Balaban J connectivity index is 3.59. The van der Waals surface area contributed by atoms with Crippen LogP contribution in [-0.2, 0) is 29.2 Å². The first-order valence-electron chi connectivity index (χ1n) is 11.7. The highest BCUT2D eigenvalue weighted by atomic mass is 31.2. The number of carbonyl (C=O) groups excluding carboxylic acids is 1. The SMILES string of the molecule is COc1c(C=CC(=O)C(C)(C)P(=O)(OC(C)C)OC(C)C)cc(C(C)(C)C)cc1C(C)(C)C. The minimum absolute atomic E-state index is 0.0793. The van der Waals surface area contributed by atoms with E-state index in [0.29, 0.717) is 0 Å². The molecule has 0 bridgehead atoms. The van der Waals surface area contributed by atoms with E-state index in [4.69, 9.17) is 13.8 Å². The van der Waals surface area contributed by atoms with Gasteiger partial charge in [0.2, 0.25) is 0 Å². The summed E-state index contributed by atoms with van der Waals surface area (Å²) in [5.74, 6) is 0.407. The third-order valence-corrected chi connectivity index (χ3v) is 8.38. The summed E-state index contributed by atoms with van der Waals surface area (Å²) >= 11 is 0. The molecule has 6 heteroatoms. The molecule has 0 saturated heterocycles. The summed E-state index contributed by atoms with van der Waals surface area (Å²) in [6.07, 6.45) is 2.53. The molecule has 1 aromatic carbocycles. The molecule has 0 unspecified atom stereocenters. The van der Waals surface area contributed by atoms with Crippen molar-refractivity contribution < 1.29 is 23.1 Å². The molecule has 0 radical (unpaired) electrons. The van der Waals surface area contributed by atoms with Crippen LogP contribution in [0.1, 0.15) is 99.8 Å². The zero-order valence-electron chi connectivity index (χ0n) is 23.0. The van der Waals surface area contributed by atoms with Crippen LogP contribution in [0.2, 0.25) is 0 Å². The van der Waals surface area contributed by atoms with Crippen molar-refractivity contribution in [3.63, 3.8) is 0 Å². The van der Waals surface area contributed by atoms with Gasteiger partial charge in [0, 0.05) is 11.1 Å². The summed E-state index contributed by atoms with van der Waals surface area (Å²) in [7, 11) is -2.09. The van der Waals surface area contributed by atoms with E-state index < -0.39 is 12.8 Å². The van der Waals surface area contributed by atoms with E-state index in [1.54, 1.807) is 54.7 Å². The molecule has 1 rings (SSSR count). The van der Waals surface area contributed by atoms with E-state index in [2.05, 4.69) is 53.7 Å². The quantitative estimate of drug-likeness (QED) is 0.268. The number of rotatable bonds is 9. The predicted molar refractivity (Wildman–Crippen MR) is 139 cm³/mol. The fourth-order valence-electron chi connectivity index (χ4n) is 3.34. The zero-order valence-corrected chi connectivity index (χ0v) is 23.8. The van der Waals surface area contributed by atoms with Gasteiger partial charge in [-0.05, 0) is 76.2 Å². The molecule has 0 saturated carbocycles. The van der Waals surface area contributed by atoms with Crippen molar-refractivity contribution in [1.29, 1.82) is 0 Å². The number of ether oxygens (including phenoxy) is 1. The second-order valence-electron chi connectivity index (χ2n) is 11.7. The Bertz CT molecular complexity index is 898. The van der Waals surface area contributed by atoms with Crippen molar-refractivity contribution in [1.82, 2.24) is 0 Å². The van der Waals surface area contributed by atoms with E-state index in [0.717, 1.165) is 22.4 Å². The van der Waals surface area contributed by atoms with Gasteiger partial charge in [0.25, 0.3) is 0 Å². The summed E-state index contributed by atoms with van der Waals surface area (Å²) in [6.45, 7) is 23.3. The number of carbonyl (C=O) groups is 1. The van der Waals surface area contributed by atoms with E-state index >= 15 is 0 Å². The third kappa shape index (κ3) is 7.28. The fraction of sp³-hybridized carbons (Fsp3) is 0.667. The monoisotopic (exact) mass is 480 g/mol. The molecule has 0 aliphatic carbocycles. The molecule has 0 spiro atoms. The van der Waals surface area contributed by atoms with Crippen LogP contribution in [0, 0.1) is 0 Å². The second kappa shape index (κ2) is 10.5. The van der Waals surface area contributed by atoms with Crippen LogP contribution in [-0.4, -0.2) is 30.3 Å². The van der Waals surface area contributed by atoms with Gasteiger partial charge < -0.3 is 13.8 Å². The van der Waals surface area contributed by atoms with Crippen LogP contribution < -0.4 is 4.74 Å². The predicted octanol–water partition coefficient (Wildman–Crippen LogP) is 7.69. The number of ketones is 1. The summed E-state index contributed by atoms with van der Waals surface area (Å²) in [5.41, 5.74) is 2.80. The average Bonchev–Trinajstić information content (AvgIpc) is 2.62. The van der Waals surface area contributed by atoms with Crippen LogP contribution in [0.25, 0.3) is 6.08 Å². The lowest BCUT2D eigenvalue weighted by Crippen LogP contribution is -2.34. The van der Waals surface area contributed by atoms with Gasteiger partial charge in [-0.2, -0.15) is 0 Å². The molecule has 0 heterocycles. The van der Waals surface area contributed by atoms with E-state index in [1.165, 1.54) is 6.08 Å². The van der Waals surface area contributed by atoms with Crippen molar-refractivity contribution in [2.24, 2.45) is 0 Å². The molecule has 0 aromatic heterocycles. The largest absolute Gasteiger partial charge is 0.496 e.